The van der Waals surface area contributed by atoms with Crippen LogP contribution < -0.4 is 5.32 Å². The van der Waals surface area contributed by atoms with Crippen LogP contribution in [0.3, 0.4) is 0 Å². The number of halogens is 1. The van der Waals surface area contributed by atoms with Gasteiger partial charge in [0, 0.05) is 23.9 Å². The second-order valence-corrected chi connectivity index (χ2v) is 8.94. The van der Waals surface area contributed by atoms with Gasteiger partial charge >= 0.3 is 0 Å². The predicted octanol–water partition coefficient (Wildman–Crippen LogP) is 5.32. The van der Waals surface area contributed by atoms with Crippen LogP contribution in [0.4, 0.5) is 14.3 Å². The summed E-state index contributed by atoms with van der Waals surface area (Å²) in [5, 5.41) is 4.43. The third kappa shape index (κ3) is 5.12. The van der Waals surface area contributed by atoms with Gasteiger partial charge in [0.1, 0.15) is 5.82 Å². The van der Waals surface area contributed by atoms with E-state index in [1.54, 1.807) is 23.6 Å². The Kier molecular flexibility index (Phi) is 6.48. The number of benzene rings is 2. The van der Waals surface area contributed by atoms with Gasteiger partial charge in [0.15, 0.2) is 5.13 Å². The van der Waals surface area contributed by atoms with Gasteiger partial charge in [0.05, 0.1) is 10.6 Å². The number of aryl methyl sites for hydroxylation is 1. The van der Waals surface area contributed by atoms with E-state index >= 15 is 0 Å². The average molecular weight is 468 g/mol. The van der Waals surface area contributed by atoms with Crippen LogP contribution in [0.5, 0.6) is 0 Å². The molecule has 1 aliphatic heterocycles. The van der Waals surface area contributed by atoms with Crippen LogP contribution in [-0.2, 0) is 9.59 Å². The lowest BCUT2D eigenvalue weighted by Crippen LogP contribution is -2.31. The van der Waals surface area contributed by atoms with E-state index in [0.717, 1.165) is 33.4 Å². The summed E-state index contributed by atoms with van der Waals surface area (Å²) in [6.07, 6.45) is 1.64. The predicted molar refractivity (Wildman–Crippen MR) is 125 cm³/mol. The lowest BCUT2D eigenvalue weighted by molar-refractivity contribution is -0.123. The van der Waals surface area contributed by atoms with E-state index in [1.807, 2.05) is 31.2 Å². The van der Waals surface area contributed by atoms with E-state index < -0.39 is 11.1 Å². The second kappa shape index (κ2) is 9.46. The van der Waals surface area contributed by atoms with Crippen LogP contribution in [0, 0.1) is 12.7 Å². The molecule has 0 radical (unpaired) electrons. The van der Waals surface area contributed by atoms with Gasteiger partial charge in [-0.25, -0.2) is 9.37 Å². The molecule has 0 bridgehead atoms. The number of nitrogens with zero attached hydrogens (tertiary/aromatic N) is 2. The summed E-state index contributed by atoms with van der Waals surface area (Å²) in [5.74, 6) is -1.09. The molecular weight excluding hydrogens is 449 g/mol. The molecule has 1 aliphatic rings. The van der Waals surface area contributed by atoms with Crippen LogP contribution in [-0.4, -0.2) is 33.5 Å². The molecule has 32 heavy (non-hydrogen) atoms. The number of carbonyl (C=O) groups excluding carboxylic acids is 3. The van der Waals surface area contributed by atoms with Gasteiger partial charge in [-0.15, -0.1) is 11.3 Å². The number of thioether (sulfide) groups is 1. The molecule has 9 heteroatoms. The molecule has 1 aromatic heterocycles. The quantitative estimate of drug-likeness (QED) is 0.496. The van der Waals surface area contributed by atoms with E-state index in [4.69, 9.17) is 0 Å². The topological polar surface area (TPSA) is 79.4 Å². The Hall–Kier alpha value is -3.30. The van der Waals surface area contributed by atoms with Gasteiger partial charge in [0.2, 0.25) is 5.91 Å². The summed E-state index contributed by atoms with van der Waals surface area (Å²) in [5.41, 5.74) is 3.26. The van der Waals surface area contributed by atoms with Crippen LogP contribution in [0.2, 0.25) is 0 Å². The number of amides is 3. The third-order valence-corrected chi connectivity index (χ3v) is 6.33. The Labute approximate surface area is 192 Å². The van der Waals surface area contributed by atoms with E-state index in [0.29, 0.717) is 15.7 Å². The molecule has 1 N–H and O–H groups in total. The number of imide groups is 1. The van der Waals surface area contributed by atoms with Crippen molar-refractivity contribution >= 4 is 51.4 Å². The van der Waals surface area contributed by atoms with Crippen LogP contribution in [0.1, 0.15) is 17.5 Å². The van der Waals surface area contributed by atoms with Crippen LogP contribution in [0.25, 0.3) is 17.3 Å². The highest BCUT2D eigenvalue weighted by molar-refractivity contribution is 8.18. The van der Waals surface area contributed by atoms with E-state index in [9.17, 15) is 18.8 Å². The zero-order valence-electron chi connectivity index (χ0n) is 17.0. The number of aromatic nitrogens is 1. The maximum atomic E-state index is 13.1. The first-order chi connectivity index (χ1) is 15.4. The number of rotatable bonds is 6. The Morgan fingerprint density at radius 1 is 1.19 bits per heavy atom. The van der Waals surface area contributed by atoms with Crippen LogP contribution in [0.15, 0.2) is 58.8 Å². The fourth-order valence-electron chi connectivity index (χ4n) is 3.08. The van der Waals surface area contributed by atoms with Gasteiger partial charge in [0.25, 0.3) is 11.1 Å². The van der Waals surface area contributed by atoms with Crippen molar-refractivity contribution in [3.05, 3.63) is 75.8 Å². The molecule has 0 aliphatic carbocycles. The maximum absolute atomic E-state index is 13.1. The molecule has 0 spiro atoms. The van der Waals surface area contributed by atoms with Crippen molar-refractivity contribution in [1.82, 2.24) is 9.88 Å². The zero-order valence-corrected chi connectivity index (χ0v) is 18.6. The normalized spacial score (nSPS) is 14.9. The summed E-state index contributed by atoms with van der Waals surface area (Å²) in [7, 11) is 0. The van der Waals surface area contributed by atoms with E-state index in [-0.39, 0.29) is 24.7 Å². The zero-order chi connectivity index (χ0) is 22.7. The molecular formula is C23H18FN3O3S2. The molecule has 0 atom stereocenters. The van der Waals surface area contributed by atoms with Crippen molar-refractivity contribution in [2.24, 2.45) is 0 Å². The highest BCUT2D eigenvalue weighted by atomic mass is 32.2. The number of hydrogen-bond donors (Lipinski definition) is 1. The smallest absolute Gasteiger partial charge is 0.293 e. The molecule has 3 aromatic rings. The van der Waals surface area contributed by atoms with Crippen molar-refractivity contribution in [3.8, 4) is 11.3 Å². The van der Waals surface area contributed by atoms with Crippen molar-refractivity contribution in [2.45, 2.75) is 13.3 Å². The van der Waals surface area contributed by atoms with Crippen molar-refractivity contribution in [1.29, 1.82) is 0 Å². The fraction of sp³-hybridized carbons (Fsp3) is 0.130. The first-order valence-corrected chi connectivity index (χ1v) is 11.4. The minimum atomic E-state index is -0.401. The van der Waals surface area contributed by atoms with Gasteiger partial charge in [-0.3, -0.25) is 19.3 Å². The van der Waals surface area contributed by atoms with Crippen molar-refractivity contribution in [3.63, 3.8) is 0 Å². The highest BCUT2D eigenvalue weighted by Gasteiger charge is 2.35. The SMILES string of the molecule is Cc1cccc(/C=C2\SC(=O)N(CCC(=O)Nc3nc(-c4ccc(F)cc4)cs3)C2=O)c1. The number of thiazole rings is 1. The van der Waals surface area contributed by atoms with Gasteiger partial charge in [-0.2, -0.15) is 0 Å². The molecule has 0 saturated carbocycles. The highest BCUT2D eigenvalue weighted by Crippen LogP contribution is 2.32. The Balaban J connectivity index is 1.34. The van der Waals surface area contributed by atoms with E-state index in [2.05, 4.69) is 10.3 Å². The molecule has 0 unspecified atom stereocenters. The first kappa shape index (κ1) is 21.9. The number of carbonyl (C=O) groups is 3. The average Bonchev–Trinajstić information content (AvgIpc) is 3.32. The maximum Gasteiger partial charge on any atom is 0.293 e. The molecule has 2 heterocycles. The lowest BCUT2D eigenvalue weighted by atomic mass is 10.1. The van der Waals surface area contributed by atoms with Gasteiger partial charge < -0.3 is 5.32 Å². The number of nitrogens with one attached hydrogen (secondary N) is 1. The second-order valence-electron chi connectivity index (χ2n) is 7.09. The molecule has 3 amide bonds. The third-order valence-electron chi connectivity index (χ3n) is 4.67. The Morgan fingerprint density at radius 2 is 1.97 bits per heavy atom. The summed E-state index contributed by atoms with van der Waals surface area (Å²) in [6.45, 7) is 1.94. The lowest BCUT2D eigenvalue weighted by Gasteiger charge is -2.11. The minimum absolute atomic E-state index is 0.0160. The molecule has 6 nitrogen and oxygen atoms in total. The van der Waals surface area contributed by atoms with Crippen molar-refractivity contribution in [2.75, 3.05) is 11.9 Å². The standard InChI is InChI=1S/C23H18FN3O3S2/c1-14-3-2-4-15(11-14)12-19-21(29)27(23(30)32-19)10-9-20(28)26-22-25-18(13-31-22)16-5-7-17(24)8-6-16/h2-8,11-13H,9-10H2,1H3,(H,25,26,28)/b19-12-. The van der Waals surface area contributed by atoms with Gasteiger partial charge in [-0.1, -0.05) is 29.8 Å². The monoisotopic (exact) mass is 467 g/mol. The molecule has 1 fully saturated rings. The molecule has 2 aromatic carbocycles. The van der Waals surface area contributed by atoms with E-state index in [1.165, 1.54) is 23.5 Å². The summed E-state index contributed by atoms with van der Waals surface area (Å²) < 4.78 is 13.1. The van der Waals surface area contributed by atoms with Gasteiger partial charge in [-0.05, 0) is 54.6 Å². The molecule has 1 saturated heterocycles. The van der Waals surface area contributed by atoms with Crippen LogP contribution >= 0.6 is 23.1 Å². The number of anilines is 1. The Morgan fingerprint density at radius 3 is 2.72 bits per heavy atom. The first-order valence-electron chi connectivity index (χ1n) is 9.72. The largest absolute Gasteiger partial charge is 0.302 e. The summed E-state index contributed by atoms with van der Waals surface area (Å²) in [6, 6.07) is 13.5. The van der Waals surface area contributed by atoms with Crippen molar-refractivity contribution < 1.29 is 18.8 Å². The minimum Gasteiger partial charge on any atom is -0.302 e. The summed E-state index contributed by atoms with van der Waals surface area (Å²) in [4.78, 5) is 42.9. The molecule has 162 valence electrons. The Bertz CT molecular complexity index is 1220. The molecule has 4 rings (SSSR count). The number of hydrogen-bond acceptors (Lipinski definition) is 6. The fourth-order valence-corrected chi connectivity index (χ4v) is 4.68. The summed E-state index contributed by atoms with van der Waals surface area (Å²) >= 11 is 2.11.